The molecule has 1 aliphatic heterocycles. The average Bonchev–Trinajstić information content (AvgIpc) is 3.12. The molecule has 1 saturated heterocycles. The fraction of sp³-hybridized carbons (Fsp3) is 0.652. The van der Waals surface area contributed by atoms with Crippen LogP contribution in [-0.2, 0) is 11.0 Å². The second-order valence-corrected chi connectivity index (χ2v) is 9.43. The fourth-order valence-corrected chi connectivity index (χ4v) is 4.26. The van der Waals surface area contributed by atoms with Crippen molar-refractivity contribution in [3.05, 3.63) is 23.5 Å². The molecule has 0 atom stereocenters. The lowest BCUT2D eigenvalue weighted by Gasteiger charge is -2.28. The number of likely N-dealkylation sites (tertiary alicyclic amines) is 1. The Hall–Kier alpha value is -2.89. The second-order valence-electron chi connectivity index (χ2n) is 9.43. The van der Waals surface area contributed by atoms with Gasteiger partial charge in [0.1, 0.15) is 11.5 Å². The van der Waals surface area contributed by atoms with Crippen molar-refractivity contribution < 1.29 is 18.0 Å². The number of pyridine rings is 1. The monoisotopic (exact) mass is 494 g/mol. The SMILES string of the molecule is Cc1nn(C2CCN(C)CC2)nc1Nc1cc(NCCCNC(=O)C2CCC2)c(C(F)(F)F)cn1. The summed E-state index contributed by atoms with van der Waals surface area (Å²) >= 11 is 0. The molecule has 0 spiro atoms. The van der Waals surface area contributed by atoms with Crippen molar-refractivity contribution in [1.82, 2.24) is 30.2 Å². The first-order valence-electron chi connectivity index (χ1n) is 12.2. The highest BCUT2D eigenvalue weighted by atomic mass is 19.4. The lowest BCUT2D eigenvalue weighted by molar-refractivity contribution is -0.137. The van der Waals surface area contributed by atoms with E-state index in [4.69, 9.17) is 0 Å². The number of nitrogens with zero attached hydrogens (tertiary/aromatic N) is 5. The summed E-state index contributed by atoms with van der Waals surface area (Å²) in [5, 5.41) is 17.8. The molecule has 2 aromatic heterocycles. The molecule has 4 rings (SSSR count). The number of rotatable bonds is 9. The number of halogens is 3. The van der Waals surface area contributed by atoms with Crippen molar-refractivity contribution in [3.8, 4) is 0 Å². The topological polar surface area (TPSA) is 100 Å². The van der Waals surface area contributed by atoms with Crippen LogP contribution in [0.15, 0.2) is 12.3 Å². The summed E-state index contributed by atoms with van der Waals surface area (Å²) in [6.07, 6.45) is 1.57. The highest BCUT2D eigenvalue weighted by Gasteiger charge is 2.34. The number of aromatic nitrogens is 4. The van der Waals surface area contributed by atoms with Crippen LogP contribution in [0.25, 0.3) is 0 Å². The molecule has 2 fully saturated rings. The van der Waals surface area contributed by atoms with Gasteiger partial charge in [-0.25, -0.2) is 4.98 Å². The standard InChI is InChI=1S/C23H33F3N8O/c1-15-21(32-34(31-15)17-7-11-33(2)12-8-17)30-20-13-19(18(14-29-20)23(24,25)26)27-9-4-10-28-22(35)16-5-3-6-16/h13-14,16-17H,3-12H2,1-2H3,(H,28,35)(H2,27,29,30,32). The minimum atomic E-state index is -4.54. The molecular formula is C23H33F3N8O. The Bertz CT molecular complexity index is 1010. The molecule has 35 heavy (non-hydrogen) atoms. The van der Waals surface area contributed by atoms with Gasteiger partial charge in [0, 0.05) is 31.3 Å². The van der Waals surface area contributed by atoms with Crippen molar-refractivity contribution in [1.29, 1.82) is 0 Å². The number of nitrogens with one attached hydrogen (secondary N) is 3. The largest absolute Gasteiger partial charge is 0.419 e. The maximum atomic E-state index is 13.5. The van der Waals surface area contributed by atoms with E-state index in [2.05, 4.69) is 43.1 Å². The number of carbonyl (C=O) groups excluding carboxylic acids is 1. The summed E-state index contributed by atoms with van der Waals surface area (Å²) in [4.78, 5) is 19.8. The normalized spacial score (nSPS) is 17.7. The van der Waals surface area contributed by atoms with Crippen LogP contribution in [0.5, 0.6) is 0 Å². The maximum absolute atomic E-state index is 13.5. The third kappa shape index (κ3) is 6.41. The van der Waals surface area contributed by atoms with Crippen LogP contribution in [0.4, 0.5) is 30.5 Å². The van der Waals surface area contributed by atoms with Crippen LogP contribution in [0.3, 0.4) is 0 Å². The number of amides is 1. The lowest BCUT2D eigenvalue weighted by Crippen LogP contribution is -2.35. The zero-order chi connectivity index (χ0) is 25.0. The molecule has 2 aliphatic rings. The van der Waals surface area contributed by atoms with Crippen LogP contribution in [0, 0.1) is 12.8 Å². The molecule has 0 bridgehead atoms. The minimum Gasteiger partial charge on any atom is -0.384 e. The van der Waals surface area contributed by atoms with Gasteiger partial charge >= 0.3 is 6.18 Å². The number of aryl methyl sites for hydroxylation is 1. The van der Waals surface area contributed by atoms with Crippen LogP contribution in [0.1, 0.15) is 55.8 Å². The van der Waals surface area contributed by atoms with E-state index in [0.29, 0.717) is 24.5 Å². The van der Waals surface area contributed by atoms with Crippen LogP contribution in [0.2, 0.25) is 0 Å². The summed E-state index contributed by atoms with van der Waals surface area (Å²) in [7, 11) is 2.08. The Morgan fingerprint density at radius 3 is 2.54 bits per heavy atom. The molecule has 0 radical (unpaired) electrons. The van der Waals surface area contributed by atoms with E-state index < -0.39 is 11.7 Å². The van der Waals surface area contributed by atoms with E-state index in [0.717, 1.165) is 51.4 Å². The second kappa shape index (κ2) is 10.8. The van der Waals surface area contributed by atoms with Crippen molar-refractivity contribution >= 4 is 23.2 Å². The Kier molecular flexibility index (Phi) is 7.78. The molecule has 3 heterocycles. The number of piperidine rings is 1. The number of anilines is 3. The van der Waals surface area contributed by atoms with Gasteiger partial charge < -0.3 is 20.9 Å². The van der Waals surface area contributed by atoms with Crippen LogP contribution >= 0.6 is 0 Å². The fourth-order valence-electron chi connectivity index (χ4n) is 4.26. The molecule has 12 heteroatoms. The summed E-state index contributed by atoms with van der Waals surface area (Å²) in [5.41, 5.74) is -0.253. The molecule has 2 aromatic rings. The van der Waals surface area contributed by atoms with Gasteiger partial charge in [-0.05, 0) is 59.2 Å². The maximum Gasteiger partial charge on any atom is 0.419 e. The first-order valence-corrected chi connectivity index (χ1v) is 12.2. The van der Waals surface area contributed by atoms with E-state index in [1.165, 1.54) is 6.07 Å². The van der Waals surface area contributed by atoms with Crippen molar-refractivity contribution in [2.45, 2.75) is 57.7 Å². The molecule has 1 saturated carbocycles. The molecular weight excluding hydrogens is 461 g/mol. The predicted octanol–water partition coefficient (Wildman–Crippen LogP) is 3.73. The van der Waals surface area contributed by atoms with E-state index in [-0.39, 0.29) is 35.9 Å². The third-order valence-corrected chi connectivity index (χ3v) is 6.71. The zero-order valence-corrected chi connectivity index (χ0v) is 20.2. The lowest BCUT2D eigenvalue weighted by atomic mass is 9.85. The number of carbonyl (C=O) groups is 1. The highest BCUT2D eigenvalue weighted by Crippen LogP contribution is 2.36. The predicted molar refractivity (Wildman–Crippen MR) is 127 cm³/mol. The molecule has 9 nitrogen and oxygen atoms in total. The molecule has 3 N–H and O–H groups in total. The third-order valence-electron chi connectivity index (χ3n) is 6.71. The van der Waals surface area contributed by atoms with Crippen molar-refractivity contribution in [2.75, 3.05) is 43.9 Å². The van der Waals surface area contributed by atoms with E-state index in [9.17, 15) is 18.0 Å². The minimum absolute atomic E-state index is 0.0336. The Morgan fingerprint density at radius 1 is 1.14 bits per heavy atom. The summed E-state index contributed by atoms with van der Waals surface area (Å²) in [5.74, 6) is 0.846. The van der Waals surface area contributed by atoms with Crippen molar-refractivity contribution in [2.24, 2.45) is 5.92 Å². The van der Waals surface area contributed by atoms with Gasteiger partial charge in [-0.3, -0.25) is 4.79 Å². The molecule has 192 valence electrons. The summed E-state index contributed by atoms with van der Waals surface area (Å²) in [6.45, 7) is 4.44. The number of hydrogen-bond donors (Lipinski definition) is 3. The Morgan fingerprint density at radius 2 is 1.89 bits per heavy atom. The van der Waals surface area contributed by atoms with Crippen LogP contribution in [-0.4, -0.2) is 64.0 Å². The zero-order valence-electron chi connectivity index (χ0n) is 20.2. The van der Waals surface area contributed by atoms with Gasteiger partial charge in [0.2, 0.25) is 5.91 Å². The Balaban J connectivity index is 1.38. The smallest absolute Gasteiger partial charge is 0.384 e. The molecule has 1 aliphatic carbocycles. The first kappa shape index (κ1) is 25.2. The van der Waals surface area contributed by atoms with Crippen molar-refractivity contribution in [3.63, 3.8) is 0 Å². The molecule has 1 amide bonds. The summed E-state index contributed by atoms with van der Waals surface area (Å²) < 4.78 is 40.6. The average molecular weight is 495 g/mol. The van der Waals surface area contributed by atoms with Gasteiger partial charge in [0.05, 0.1) is 17.3 Å². The van der Waals surface area contributed by atoms with Gasteiger partial charge in [0.25, 0.3) is 0 Å². The highest BCUT2D eigenvalue weighted by molar-refractivity contribution is 5.79. The molecule has 0 aromatic carbocycles. The Labute approximate surface area is 202 Å². The van der Waals surface area contributed by atoms with Gasteiger partial charge in [0.15, 0.2) is 5.82 Å². The van der Waals surface area contributed by atoms with Gasteiger partial charge in [-0.2, -0.15) is 23.1 Å². The van der Waals surface area contributed by atoms with E-state index in [1.807, 2.05) is 6.92 Å². The number of hydrogen-bond acceptors (Lipinski definition) is 7. The van der Waals surface area contributed by atoms with Crippen LogP contribution < -0.4 is 16.0 Å². The van der Waals surface area contributed by atoms with Gasteiger partial charge in [-0.15, -0.1) is 5.10 Å². The quantitative estimate of drug-likeness (QED) is 0.457. The van der Waals surface area contributed by atoms with E-state index in [1.54, 1.807) is 4.80 Å². The van der Waals surface area contributed by atoms with E-state index >= 15 is 0 Å². The van der Waals surface area contributed by atoms with Gasteiger partial charge in [-0.1, -0.05) is 6.42 Å². The summed E-state index contributed by atoms with van der Waals surface area (Å²) in [6, 6.07) is 1.53. The number of alkyl halides is 3. The first-order chi connectivity index (χ1) is 16.7. The molecule has 0 unspecified atom stereocenters.